The molecule has 1 fully saturated rings. The Kier molecular flexibility index (Phi) is 3.14. The summed E-state index contributed by atoms with van der Waals surface area (Å²) in [7, 11) is 0. The van der Waals surface area contributed by atoms with E-state index in [1.54, 1.807) is 0 Å². The molecule has 0 amide bonds. The van der Waals surface area contributed by atoms with Gasteiger partial charge in [0, 0.05) is 11.7 Å². The van der Waals surface area contributed by atoms with Gasteiger partial charge in [-0.1, -0.05) is 13.8 Å². The molecule has 0 saturated heterocycles. The van der Waals surface area contributed by atoms with Gasteiger partial charge in [-0.2, -0.15) is 5.26 Å². The summed E-state index contributed by atoms with van der Waals surface area (Å²) >= 11 is 0. The number of benzene rings is 1. The lowest BCUT2D eigenvalue weighted by atomic mass is 9.73. The molecule has 0 heterocycles. The van der Waals surface area contributed by atoms with E-state index in [-0.39, 0.29) is 0 Å². The Morgan fingerprint density at radius 2 is 1.88 bits per heavy atom. The summed E-state index contributed by atoms with van der Waals surface area (Å²) in [6.07, 6.45) is 2.55. The van der Waals surface area contributed by atoms with Gasteiger partial charge in [0.25, 0.3) is 0 Å². The Morgan fingerprint density at radius 3 is 2.38 bits per heavy atom. The van der Waals surface area contributed by atoms with Crippen molar-refractivity contribution in [1.29, 1.82) is 5.26 Å². The SMILES string of the molecule is CC(C)C1CC(Nc2ccc(C#N)cc2)C1. The van der Waals surface area contributed by atoms with Gasteiger partial charge in [0.2, 0.25) is 0 Å². The van der Waals surface area contributed by atoms with Gasteiger partial charge in [-0.25, -0.2) is 0 Å². The summed E-state index contributed by atoms with van der Waals surface area (Å²) in [4.78, 5) is 0. The monoisotopic (exact) mass is 214 g/mol. The molecule has 2 nitrogen and oxygen atoms in total. The molecule has 0 bridgehead atoms. The zero-order valence-electron chi connectivity index (χ0n) is 9.90. The minimum absolute atomic E-state index is 0.625. The van der Waals surface area contributed by atoms with Crippen LogP contribution in [0.5, 0.6) is 0 Å². The Labute approximate surface area is 97.3 Å². The summed E-state index contributed by atoms with van der Waals surface area (Å²) in [5.41, 5.74) is 1.85. The molecule has 0 unspecified atom stereocenters. The molecule has 1 aromatic carbocycles. The smallest absolute Gasteiger partial charge is 0.0991 e. The topological polar surface area (TPSA) is 35.8 Å². The predicted molar refractivity (Wildman–Crippen MR) is 66.1 cm³/mol. The minimum Gasteiger partial charge on any atom is -0.382 e. The second kappa shape index (κ2) is 4.57. The van der Waals surface area contributed by atoms with Gasteiger partial charge in [-0.15, -0.1) is 0 Å². The van der Waals surface area contributed by atoms with E-state index < -0.39 is 0 Å². The molecule has 0 atom stereocenters. The van der Waals surface area contributed by atoms with Crippen LogP contribution in [0.25, 0.3) is 0 Å². The molecule has 16 heavy (non-hydrogen) atoms. The van der Waals surface area contributed by atoms with Crippen LogP contribution < -0.4 is 5.32 Å². The number of rotatable bonds is 3. The zero-order chi connectivity index (χ0) is 11.5. The highest BCUT2D eigenvalue weighted by atomic mass is 14.9. The molecule has 1 aromatic rings. The summed E-state index contributed by atoms with van der Waals surface area (Å²) in [5.74, 6) is 1.69. The molecular weight excluding hydrogens is 196 g/mol. The maximum absolute atomic E-state index is 8.69. The molecule has 2 heteroatoms. The minimum atomic E-state index is 0.625. The average Bonchev–Trinajstić information content (AvgIpc) is 2.23. The van der Waals surface area contributed by atoms with E-state index in [4.69, 9.17) is 5.26 Å². The normalized spacial score (nSPS) is 23.6. The van der Waals surface area contributed by atoms with E-state index in [9.17, 15) is 0 Å². The van der Waals surface area contributed by atoms with Gasteiger partial charge in [-0.3, -0.25) is 0 Å². The van der Waals surface area contributed by atoms with Crippen LogP contribution in [0, 0.1) is 23.2 Å². The first-order valence-electron chi connectivity index (χ1n) is 5.95. The number of hydrogen-bond donors (Lipinski definition) is 1. The molecule has 0 aliphatic heterocycles. The predicted octanol–water partition coefficient (Wildman–Crippen LogP) is 3.40. The first-order chi connectivity index (χ1) is 7.69. The van der Waals surface area contributed by atoms with Gasteiger partial charge in [-0.05, 0) is 48.9 Å². The van der Waals surface area contributed by atoms with Crippen molar-refractivity contribution in [1.82, 2.24) is 0 Å². The van der Waals surface area contributed by atoms with Gasteiger partial charge in [0.1, 0.15) is 0 Å². The van der Waals surface area contributed by atoms with Crippen molar-refractivity contribution in [2.45, 2.75) is 32.7 Å². The molecule has 1 saturated carbocycles. The van der Waals surface area contributed by atoms with Gasteiger partial charge in [0.05, 0.1) is 11.6 Å². The fraction of sp³-hybridized carbons (Fsp3) is 0.500. The zero-order valence-corrected chi connectivity index (χ0v) is 9.90. The number of nitriles is 1. The van der Waals surface area contributed by atoms with E-state index in [2.05, 4.69) is 25.2 Å². The van der Waals surface area contributed by atoms with Crippen molar-refractivity contribution < 1.29 is 0 Å². The third kappa shape index (κ3) is 2.36. The van der Waals surface area contributed by atoms with Crippen LogP contribution in [0.3, 0.4) is 0 Å². The van der Waals surface area contributed by atoms with Crippen LogP contribution in [0.2, 0.25) is 0 Å². The molecule has 1 aliphatic rings. The maximum atomic E-state index is 8.69. The van der Waals surface area contributed by atoms with Gasteiger partial charge in [0.15, 0.2) is 0 Å². The van der Waals surface area contributed by atoms with E-state index in [1.807, 2.05) is 24.3 Å². The lowest BCUT2D eigenvalue weighted by molar-refractivity contribution is 0.212. The van der Waals surface area contributed by atoms with Gasteiger partial charge >= 0.3 is 0 Å². The summed E-state index contributed by atoms with van der Waals surface area (Å²) < 4.78 is 0. The van der Waals surface area contributed by atoms with Crippen molar-refractivity contribution >= 4 is 5.69 Å². The average molecular weight is 214 g/mol. The standard InChI is InChI=1S/C14H18N2/c1-10(2)12-7-14(8-12)16-13-5-3-11(9-15)4-6-13/h3-6,10,12,14,16H,7-8H2,1-2H3. The Hall–Kier alpha value is -1.49. The van der Waals surface area contributed by atoms with Gasteiger partial charge < -0.3 is 5.32 Å². The quantitative estimate of drug-likeness (QED) is 0.837. The second-order valence-electron chi connectivity index (χ2n) is 5.01. The Balaban J connectivity index is 1.85. The molecule has 1 N–H and O–H groups in total. The van der Waals surface area contributed by atoms with Crippen LogP contribution in [-0.2, 0) is 0 Å². The highest BCUT2D eigenvalue weighted by Crippen LogP contribution is 2.35. The van der Waals surface area contributed by atoms with Crippen LogP contribution in [0.1, 0.15) is 32.3 Å². The highest BCUT2D eigenvalue weighted by Gasteiger charge is 2.30. The first-order valence-corrected chi connectivity index (χ1v) is 5.95. The first kappa shape index (κ1) is 11.0. The van der Waals surface area contributed by atoms with E-state index >= 15 is 0 Å². The van der Waals surface area contributed by atoms with Crippen LogP contribution in [0.15, 0.2) is 24.3 Å². The molecule has 0 aromatic heterocycles. The van der Waals surface area contributed by atoms with Crippen molar-refractivity contribution in [3.8, 4) is 6.07 Å². The maximum Gasteiger partial charge on any atom is 0.0991 e. The Morgan fingerprint density at radius 1 is 1.25 bits per heavy atom. The largest absolute Gasteiger partial charge is 0.382 e. The number of nitrogens with one attached hydrogen (secondary N) is 1. The number of anilines is 1. The van der Waals surface area contributed by atoms with E-state index in [1.165, 1.54) is 12.8 Å². The fourth-order valence-electron chi connectivity index (χ4n) is 2.20. The lowest BCUT2D eigenvalue weighted by Crippen LogP contribution is -2.37. The molecule has 0 radical (unpaired) electrons. The van der Waals surface area contributed by atoms with E-state index in [0.717, 1.165) is 23.1 Å². The summed E-state index contributed by atoms with van der Waals surface area (Å²) in [6, 6.07) is 10.5. The van der Waals surface area contributed by atoms with Crippen molar-refractivity contribution in [2.75, 3.05) is 5.32 Å². The summed E-state index contributed by atoms with van der Waals surface area (Å²) in [6.45, 7) is 4.59. The van der Waals surface area contributed by atoms with Crippen LogP contribution >= 0.6 is 0 Å². The fourth-order valence-corrected chi connectivity index (χ4v) is 2.20. The Bertz CT molecular complexity index is 380. The van der Waals surface area contributed by atoms with Crippen molar-refractivity contribution in [2.24, 2.45) is 11.8 Å². The van der Waals surface area contributed by atoms with Crippen molar-refractivity contribution in [3.63, 3.8) is 0 Å². The van der Waals surface area contributed by atoms with Crippen LogP contribution in [0.4, 0.5) is 5.69 Å². The molecule has 1 aliphatic carbocycles. The van der Waals surface area contributed by atoms with Crippen molar-refractivity contribution in [3.05, 3.63) is 29.8 Å². The molecule has 2 rings (SSSR count). The number of hydrogen-bond acceptors (Lipinski definition) is 2. The highest BCUT2D eigenvalue weighted by molar-refractivity contribution is 5.48. The third-order valence-electron chi connectivity index (χ3n) is 3.50. The molecule has 0 spiro atoms. The molecular formula is C14H18N2. The van der Waals surface area contributed by atoms with Crippen LogP contribution in [-0.4, -0.2) is 6.04 Å². The lowest BCUT2D eigenvalue weighted by Gasteiger charge is -2.39. The second-order valence-corrected chi connectivity index (χ2v) is 5.01. The number of nitrogens with zero attached hydrogens (tertiary/aromatic N) is 1. The van der Waals surface area contributed by atoms with E-state index in [0.29, 0.717) is 6.04 Å². The molecule has 84 valence electrons. The summed E-state index contributed by atoms with van der Waals surface area (Å²) in [5, 5.41) is 12.2. The third-order valence-corrected chi connectivity index (χ3v) is 3.50.